The standard InChI is InChI=1S/C16H17ClIN/c1-3-19-16(12-6-4-5-11(2)9-12)14-10-13(17)7-8-15(14)18/h4-10,16,19H,3H2,1-2H3. The topological polar surface area (TPSA) is 12.0 Å². The SMILES string of the molecule is CCNC(c1cccc(C)c1)c1cc(Cl)ccc1I. The molecule has 1 atom stereocenters. The number of hydrogen-bond acceptors (Lipinski definition) is 1. The summed E-state index contributed by atoms with van der Waals surface area (Å²) in [7, 11) is 0. The zero-order valence-corrected chi connectivity index (χ0v) is 14.0. The summed E-state index contributed by atoms with van der Waals surface area (Å²) in [5, 5.41) is 4.33. The second kappa shape index (κ2) is 6.73. The zero-order chi connectivity index (χ0) is 13.8. The molecule has 2 rings (SSSR count). The minimum Gasteiger partial charge on any atom is -0.306 e. The van der Waals surface area contributed by atoms with Crippen LogP contribution in [0.15, 0.2) is 42.5 Å². The molecule has 0 amide bonds. The molecule has 0 aliphatic carbocycles. The van der Waals surface area contributed by atoms with Crippen LogP contribution in [0.4, 0.5) is 0 Å². The van der Waals surface area contributed by atoms with Gasteiger partial charge in [0.05, 0.1) is 6.04 Å². The number of benzene rings is 2. The van der Waals surface area contributed by atoms with Gasteiger partial charge in [0.1, 0.15) is 0 Å². The number of aryl methyl sites for hydroxylation is 1. The summed E-state index contributed by atoms with van der Waals surface area (Å²) in [6.07, 6.45) is 0. The van der Waals surface area contributed by atoms with Crippen LogP contribution in [0.5, 0.6) is 0 Å². The molecule has 0 saturated heterocycles. The van der Waals surface area contributed by atoms with E-state index in [1.165, 1.54) is 20.3 Å². The normalized spacial score (nSPS) is 12.4. The molecule has 3 heteroatoms. The van der Waals surface area contributed by atoms with Crippen molar-refractivity contribution in [2.45, 2.75) is 19.9 Å². The average molecular weight is 386 g/mol. The van der Waals surface area contributed by atoms with Crippen molar-refractivity contribution in [2.24, 2.45) is 0 Å². The Morgan fingerprint density at radius 3 is 2.68 bits per heavy atom. The van der Waals surface area contributed by atoms with Crippen molar-refractivity contribution in [3.8, 4) is 0 Å². The number of nitrogens with one attached hydrogen (secondary N) is 1. The summed E-state index contributed by atoms with van der Waals surface area (Å²) in [6.45, 7) is 5.16. The number of hydrogen-bond donors (Lipinski definition) is 1. The van der Waals surface area contributed by atoms with Crippen LogP contribution in [-0.4, -0.2) is 6.54 Å². The predicted octanol–water partition coefficient (Wildman–Crippen LogP) is 4.95. The van der Waals surface area contributed by atoms with Crippen LogP contribution < -0.4 is 5.32 Å². The first kappa shape index (κ1) is 14.8. The van der Waals surface area contributed by atoms with E-state index in [0.29, 0.717) is 0 Å². The van der Waals surface area contributed by atoms with E-state index in [1.54, 1.807) is 0 Å². The lowest BCUT2D eigenvalue weighted by molar-refractivity contribution is 0.628. The Labute approximate surface area is 133 Å². The summed E-state index contributed by atoms with van der Waals surface area (Å²) < 4.78 is 1.23. The molecule has 0 aliphatic rings. The van der Waals surface area contributed by atoms with Gasteiger partial charge >= 0.3 is 0 Å². The van der Waals surface area contributed by atoms with Gasteiger partial charge in [-0.1, -0.05) is 48.4 Å². The molecular formula is C16H17ClIN. The zero-order valence-electron chi connectivity index (χ0n) is 11.1. The molecule has 1 N–H and O–H groups in total. The summed E-state index contributed by atoms with van der Waals surface area (Å²) in [5.41, 5.74) is 3.79. The third kappa shape index (κ3) is 3.71. The first-order chi connectivity index (χ1) is 9.11. The average Bonchev–Trinajstić information content (AvgIpc) is 2.39. The molecule has 0 aromatic heterocycles. The van der Waals surface area contributed by atoms with Crippen molar-refractivity contribution in [1.29, 1.82) is 0 Å². The molecule has 1 unspecified atom stereocenters. The van der Waals surface area contributed by atoms with E-state index >= 15 is 0 Å². The van der Waals surface area contributed by atoms with Gasteiger partial charge in [-0.25, -0.2) is 0 Å². The van der Waals surface area contributed by atoms with E-state index in [2.05, 4.69) is 78.2 Å². The second-order valence-electron chi connectivity index (χ2n) is 4.57. The van der Waals surface area contributed by atoms with E-state index in [0.717, 1.165) is 11.6 Å². The first-order valence-corrected chi connectivity index (χ1v) is 7.82. The van der Waals surface area contributed by atoms with Crippen LogP contribution in [0.1, 0.15) is 29.7 Å². The van der Waals surface area contributed by atoms with E-state index in [-0.39, 0.29) is 6.04 Å². The van der Waals surface area contributed by atoms with Crippen molar-refractivity contribution >= 4 is 34.2 Å². The quantitative estimate of drug-likeness (QED) is 0.734. The van der Waals surface area contributed by atoms with E-state index in [4.69, 9.17) is 11.6 Å². The third-order valence-electron chi connectivity index (χ3n) is 3.05. The lowest BCUT2D eigenvalue weighted by atomic mass is 9.97. The van der Waals surface area contributed by atoms with Gasteiger partial charge in [-0.05, 0) is 65.4 Å². The molecule has 0 fully saturated rings. The maximum atomic E-state index is 6.15. The van der Waals surface area contributed by atoms with E-state index < -0.39 is 0 Å². The van der Waals surface area contributed by atoms with Gasteiger partial charge in [0.2, 0.25) is 0 Å². The minimum atomic E-state index is 0.190. The van der Waals surface area contributed by atoms with Crippen molar-refractivity contribution in [3.05, 3.63) is 67.7 Å². The van der Waals surface area contributed by atoms with Gasteiger partial charge in [0.15, 0.2) is 0 Å². The highest BCUT2D eigenvalue weighted by atomic mass is 127. The van der Waals surface area contributed by atoms with E-state index in [9.17, 15) is 0 Å². The molecular weight excluding hydrogens is 369 g/mol. The molecule has 0 bridgehead atoms. The van der Waals surface area contributed by atoms with Crippen LogP contribution in [0, 0.1) is 10.5 Å². The second-order valence-corrected chi connectivity index (χ2v) is 6.17. The minimum absolute atomic E-state index is 0.190. The van der Waals surface area contributed by atoms with Crippen LogP contribution in [0.3, 0.4) is 0 Å². The largest absolute Gasteiger partial charge is 0.306 e. The summed E-state index contributed by atoms with van der Waals surface area (Å²) >= 11 is 8.52. The van der Waals surface area contributed by atoms with Crippen LogP contribution in [0.2, 0.25) is 5.02 Å². The monoisotopic (exact) mass is 385 g/mol. The highest BCUT2D eigenvalue weighted by Crippen LogP contribution is 2.29. The van der Waals surface area contributed by atoms with Gasteiger partial charge in [0.25, 0.3) is 0 Å². The Morgan fingerprint density at radius 2 is 2.00 bits per heavy atom. The van der Waals surface area contributed by atoms with Gasteiger partial charge in [-0.2, -0.15) is 0 Å². The summed E-state index contributed by atoms with van der Waals surface area (Å²) in [6, 6.07) is 14.9. The lowest BCUT2D eigenvalue weighted by Crippen LogP contribution is -2.22. The Bertz CT molecular complexity index is 568. The lowest BCUT2D eigenvalue weighted by Gasteiger charge is -2.21. The maximum Gasteiger partial charge on any atom is 0.0587 e. The Balaban J connectivity index is 2.48. The third-order valence-corrected chi connectivity index (χ3v) is 4.27. The smallest absolute Gasteiger partial charge is 0.0587 e. The number of rotatable bonds is 4. The van der Waals surface area contributed by atoms with E-state index in [1.807, 2.05) is 6.07 Å². The Kier molecular flexibility index (Phi) is 5.25. The first-order valence-electron chi connectivity index (χ1n) is 6.36. The Hall–Kier alpha value is -0.580. The van der Waals surface area contributed by atoms with Gasteiger partial charge in [0, 0.05) is 8.59 Å². The molecule has 2 aromatic carbocycles. The fourth-order valence-corrected chi connectivity index (χ4v) is 3.02. The van der Waals surface area contributed by atoms with Crippen LogP contribution in [-0.2, 0) is 0 Å². The molecule has 0 spiro atoms. The van der Waals surface area contributed by atoms with Gasteiger partial charge < -0.3 is 5.32 Å². The highest BCUT2D eigenvalue weighted by Gasteiger charge is 2.16. The van der Waals surface area contributed by atoms with Crippen LogP contribution in [0.25, 0.3) is 0 Å². The molecule has 19 heavy (non-hydrogen) atoms. The maximum absolute atomic E-state index is 6.15. The fourth-order valence-electron chi connectivity index (χ4n) is 2.20. The van der Waals surface area contributed by atoms with Crippen molar-refractivity contribution in [1.82, 2.24) is 5.32 Å². The van der Waals surface area contributed by atoms with Crippen molar-refractivity contribution in [3.63, 3.8) is 0 Å². The molecule has 100 valence electrons. The Morgan fingerprint density at radius 1 is 1.21 bits per heavy atom. The molecule has 0 saturated carbocycles. The predicted molar refractivity (Wildman–Crippen MR) is 90.9 cm³/mol. The van der Waals surface area contributed by atoms with Gasteiger partial charge in [-0.3, -0.25) is 0 Å². The molecule has 0 aliphatic heterocycles. The highest BCUT2D eigenvalue weighted by molar-refractivity contribution is 14.1. The van der Waals surface area contributed by atoms with Crippen molar-refractivity contribution in [2.75, 3.05) is 6.54 Å². The molecule has 2 aromatic rings. The number of halogens is 2. The fraction of sp³-hybridized carbons (Fsp3) is 0.250. The van der Waals surface area contributed by atoms with Crippen LogP contribution >= 0.6 is 34.2 Å². The molecule has 0 heterocycles. The molecule has 0 radical (unpaired) electrons. The summed E-state index contributed by atoms with van der Waals surface area (Å²) in [5.74, 6) is 0. The molecule has 1 nitrogen and oxygen atoms in total. The van der Waals surface area contributed by atoms with Gasteiger partial charge in [-0.15, -0.1) is 0 Å². The summed E-state index contributed by atoms with van der Waals surface area (Å²) in [4.78, 5) is 0. The van der Waals surface area contributed by atoms with Crippen molar-refractivity contribution < 1.29 is 0 Å².